The topological polar surface area (TPSA) is 328 Å². The molecule has 0 radical (unpaired) electrons. The van der Waals surface area contributed by atoms with Crippen LogP contribution in [0.15, 0.2) is 24.3 Å². The lowest BCUT2D eigenvalue weighted by atomic mass is 9.77. The van der Waals surface area contributed by atoms with Crippen molar-refractivity contribution in [3.8, 4) is 5.75 Å². The maximum Gasteiger partial charge on any atom is 0.315 e. The first-order chi connectivity index (χ1) is 32.0. The summed E-state index contributed by atoms with van der Waals surface area (Å²) in [5.41, 5.74) is 7.67. The molecule has 0 aromatic heterocycles. The van der Waals surface area contributed by atoms with Crippen LogP contribution in [0.3, 0.4) is 0 Å². The number of nitrogens with one attached hydrogen (secondary N) is 9. The standard InChI is InChI=1S/C45H70N10O11S/c1-26(2)20-32(51-42(62)30(22-37(58)55-66)28-10-4-3-5-11-28)44(64)52-33(21-27-15-17-29(56)18-16-27)43(63)49-23-38(59)48-24-39(60)50-31(41(46)61)12-8-9-19-47-36(57)14-7-6-13-35-40-34(25-67-35)53-45(65)54-40/h15-18,26,28,30-35,40,56,66H,3-14,19-25H2,1-2H3,(H2,46,61)(H,47,57)(H,48,59)(H,49,63)(H,50,60)(H,51,62)(H,52,64)(H,55,58)(H2,53,54,65)/t30?,31-,32-,33-,34-,35-,40-/m0/s1. The van der Waals surface area contributed by atoms with E-state index in [1.54, 1.807) is 17.6 Å². The van der Waals surface area contributed by atoms with Gasteiger partial charge >= 0.3 is 6.03 Å². The molecule has 7 atom stereocenters. The third-order valence-electron chi connectivity index (χ3n) is 12.3. The number of hydrogen-bond donors (Lipinski definition) is 12. The smallest absolute Gasteiger partial charge is 0.315 e. The molecule has 1 aromatic rings. The maximum atomic E-state index is 13.9. The Labute approximate surface area is 395 Å². The Morgan fingerprint density at radius 1 is 0.761 bits per heavy atom. The lowest BCUT2D eigenvalue weighted by Crippen LogP contribution is -2.56. The number of nitrogens with two attached hydrogens (primary N) is 1. The summed E-state index contributed by atoms with van der Waals surface area (Å²) in [4.78, 5) is 115. The largest absolute Gasteiger partial charge is 0.508 e. The lowest BCUT2D eigenvalue weighted by molar-refractivity contribution is -0.138. The molecular weight excluding hydrogens is 889 g/mol. The number of unbranched alkanes of at least 4 members (excludes halogenated alkanes) is 2. The summed E-state index contributed by atoms with van der Waals surface area (Å²) < 4.78 is 0. The van der Waals surface area contributed by atoms with Gasteiger partial charge in [-0.15, -0.1) is 0 Å². The molecule has 2 heterocycles. The number of carbonyl (C=O) groups excluding carboxylic acids is 9. The zero-order valence-corrected chi connectivity index (χ0v) is 39.3. The van der Waals surface area contributed by atoms with Crippen LogP contribution in [0.4, 0.5) is 4.79 Å². The molecule has 13 N–H and O–H groups in total. The zero-order chi connectivity index (χ0) is 48.9. The maximum absolute atomic E-state index is 13.9. The Morgan fingerprint density at radius 3 is 2.15 bits per heavy atom. The van der Waals surface area contributed by atoms with Crippen molar-refractivity contribution in [2.45, 2.75) is 146 Å². The number of hydrogen-bond acceptors (Lipinski definition) is 12. The normalized spacial score (nSPS) is 19.6. The minimum atomic E-state index is -1.25. The van der Waals surface area contributed by atoms with Gasteiger partial charge in [0, 0.05) is 42.7 Å². The SMILES string of the molecule is CC(C)C[C@H](NC(=O)C(CC(=O)NO)C1CCCCC1)C(=O)N[C@@H](Cc1ccc(O)cc1)C(=O)NCC(=O)NCC(=O)N[C@@H](CCCCNC(=O)CCCC[C@@H]1SC[C@@H]2NC(=O)N[C@@H]21)C(N)=O. The molecule has 2 aliphatic heterocycles. The van der Waals surface area contributed by atoms with E-state index in [4.69, 9.17) is 5.73 Å². The summed E-state index contributed by atoms with van der Waals surface area (Å²) in [6, 6.07) is 2.74. The van der Waals surface area contributed by atoms with Crippen LogP contribution in [0, 0.1) is 17.8 Å². The molecule has 21 nitrogen and oxygen atoms in total. The number of benzene rings is 1. The number of hydroxylamine groups is 1. The number of rotatable bonds is 28. The highest BCUT2D eigenvalue weighted by atomic mass is 32.2. The molecule has 4 rings (SSSR count). The number of urea groups is 1. The summed E-state index contributed by atoms with van der Waals surface area (Å²) in [6.45, 7) is 2.97. The predicted octanol–water partition coefficient (Wildman–Crippen LogP) is 0.257. The van der Waals surface area contributed by atoms with Gasteiger partial charge in [0.05, 0.1) is 25.2 Å². The van der Waals surface area contributed by atoms with E-state index >= 15 is 0 Å². The van der Waals surface area contributed by atoms with E-state index in [-0.39, 0.29) is 67.3 Å². The van der Waals surface area contributed by atoms with Gasteiger partial charge in [0.25, 0.3) is 0 Å². The Morgan fingerprint density at radius 2 is 1.46 bits per heavy atom. The van der Waals surface area contributed by atoms with Crippen LogP contribution >= 0.6 is 11.8 Å². The molecule has 22 heteroatoms. The fraction of sp³-hybridized carbons (Fsp3) is 0.667. The highest BCUT2D eigenvalue weighted by Crippen LogP contribution is 2.34. The van der Waals surface area contributed by atoms with Crippen molar-refractivity contribution >= 4 is 65.1 Å². The number of amides is 10. The summed E-state index contributed by atoms with van der Waals surface area (Å²) in [6.07, 6.45) is 8.15. The molecule has 1 unspecified atom stereocenters. The first-order valence-corrected chi connectivity index (χ1v) is 24.5. The molecule has 10 amide bonds. The molecule has 0 bridgehead atoms. The second kappa shape index (κ2) is 27.9. The molecular formula is C45H70N10O11S. The van der Waals surface area contributed by atoms with Gasteiger partial charge in [-0.25, -0.2) is 10.3 Å². The Kier molecular flexibility index (Phi) is 22.4. The number of carbonyl (C=O) groups is 9. The van der Waals surface area contributed by atoms with E-state index in [9.17, 15) is 53.5 Å². The van der Waals surface area contributed by atoms with E-state index in [2.05, 4.69) is 42.5 Å². The van der Waals surface area contributed by atoms with E-state index in [1.807, 2.05) is 25.6 Å². The van der Waals surface area contributed by atoms with E-state index in [0.29, 0.717) is 49.5 Å². The Hall–Kier alpha value is -5.64. The zero-order valence-electron chi connectivity index (χ0n) is 38.5. The van der Waals surface area contributed by atoms with Crippen LogP contribution in [-0.4, -0.2) is 124 Å². The Balaban J connectivity index is 1.21. The number of phenolic OH excluding ortho intramolecular Hbond substituents is 1. The highest BCUT2D eigenvalue weighted by Gasteiger charge is 2.42. The average molecular weight is 959 g/mol. The predicted molar refractivity (Wildman–Crippen MR) is 248 cm³/mol. The van der Waals surface area contributed by atoms with Crippen molar-refractivity contribution in [1.82, 2.24) is 48.0 Å². The van der Waals surface area contributed by atoms with Crippen molar-refractivity contribution in [3.05, 3.63) is 29.8 Å². The van der Waals surface area contributed by atoms with Crippen LogP contribution in [0.2, 0.25) is 0 Å². The van der Waals surface area contributed by atoms with Crippen molar-refractivity contribution in [2.24, 2.45) is 23.5 Å². The average Bonchev–Trinajstić information content (AvgIpc) is 3.86. The second-order valence-corrected chi connectivity index (χ2v) is 19.4. The second-order valence-electron chi connectivity index (χ2n) is 18.1. The van der Waals surface area contributed by atoms with Gasteiger partial charge < -0.3 is 53.4 Å². The van der Waals surface area contributed by atoms with Gasteiger partial charge in [0.15, 0.2) is 0 Å². The van der Waals surface area contributed by atoms with Gasteiger partial charge in [-0.1, -0.05) is 51.7 Å². The van der Waals surface area contributed by atoms with Crippen LogP contribution < -0.4 is 53.7 Å². The summed E-state index contributed by atoms with van der Waals surface area (Å²) in [7, 11) is 0. The molecule has 1 saturated carbocycles. The molecule has 372 valence electrons. The quantitative estimate of drug-likeness (QED) is 0.0233. The van der Waals surface area contributed by atoms with Crippen molar-refractivity contribution in [2.75, 3.05) is 25.4 Å². The first kappa shape index (κ1) is 54.0. The molecule has 67 heavy (non-hydrogen) atoms. The van der Waals surface area contributed by atoms with Crippen LogP contribution in [0.1, 0.15) is 109 Å². The molecule has 3 aliphatic rings. The first-order valence-electron chi connectivity index (χ1n) is 23.4. The fourth-order valence-corrected chi connectivity index (χ4v) is 10.3. The van der Waals surface area contributed by atoms with Crippen LogP contribution in [0.5, 0.6) is 5.75 Å². The molecule has 2 saturated heterocycles. The van der Waals surface area contributed by atoms with Gasteiger partial charge in [0.1, 0.15) is 23.9 Å². The number of aromatic hydroxyl groups is 1. The molecule has 1 aromatic carbocycles. The van der Waals surface area contributed by atoms with Gasteiger partial charge in [-0.3, -0.25) is 43.6 Å². The van der Waals surface area contributed by atoms with Crippen molar-refractivity contribution in [1.29, 1.82) is 0 Å². The fourth-order valence-electron chi connectivity index (χ4n) is 8.71. The van der Waals surface area contributed by atoms with Gasteiger partial charge in [0.2, 0.25) is 47.3 Å². The van der Waals surface area contributed by atoms with Gasteiger partial charge in [-0.2, -0.15) is 11.8 Å². The number of phenols is 1. The van der Waals surface area contributed by atoms with Crippen molar-refractivity contribution in [3.63, 3.8) is 0 Å². The van der Waals surface area contributed by atoms with E-state index in [0.717, 1.165) is 44.3 Å². The third-order valence-corrected chi connectivity index (χ3v) is 13.8. The lowest BCUT2D eigenvalue weighted by Gasteiger charge is -2.31. The van der Waals surface area contributed by atoms with Crippen LogP contribution in [0.25, 0.3) is 0 Å². The number of primary amides is 1. The Bertz CT molecular complexity index is 1870. The van der Waals surface area contributed by atoms with Gasteiger partial charge in [-0.05, 0) is 80.9 Å². The summed E-state index contributed by atoms with van der Waals surface area (Å²) >= 11 is 1.83. The number of thioether (sulfide) groups is 1. The third kappa shape index (κ3) is 18.9. The minimum absolute atomic E-state index is 0.0179. The summed E-state index contributed by atoms with van der Waals surface area (Å²) in [5, 5.41) is 41.0. The van der Waals surface area contributed by atoms with E-state index in [1.165, 1.54) is 12.1 Å². The molecule has 3 fully saturated rings. The van der Waals surface area contributed by atoms with Crippen molar-refractivity contribution < 1.29 is 53.5 Å². The van der Waals surface area contributed by atoms with Crippen LogP contribution in [-0.2, 0) is 44.8 Å². The minimum Gasteiger partial charge on any atom is -0.508 e. The molecule has 0 spiro atoms. The number of fused-ring (bicyclic) bond motifs is 1. The monoisotopic (exact) mass is 958 g/mol. The molecule has 1 aliphatic carbocycles. The van der Waals surface area contributed by atoms with E-state index < -0.39 is 78.5 Å². The summed E-state index contributed by atoms with van der Waals surface area (Å²) in [5.74, 6) is -5.10. The highest BCUT2D eigenvalue weighted by molar-refractivity contribution is 8.00.